The highest BCUT2D eigenvalue weighted by Gasteiger charge is 2.26. The summed E-state index contributed by atoms with van der Waals surface area (Å²) in [6.07, 6.45) is 73.4. The standard InChI is InChI=1S/C61H108NO8P/c1-3-5-7-9-11-13-15-17-19-21-23-25-27-29-31-33-35-37-39-41-43-45-47-49-51-53-60(63)67-57-59(58-69-71(65,66)68-56-55-62)70-61(64)54-52-50-48-46-44-42-40-38-36-34-32-30-28-26-24-22-20-18-16-14-12-10-8-6-4-2/h6,8,12,14-15,17-18,20-21,23-24,26,30,32,59H,3-5,7,9-11,13,16,19,22,25,27-29,31,33-58,62H2,1-2H3,(H,65,66)/b8-6-,14-12-,17-15-,20-18-,23-21-,26-24-,32-30-. The molecule has 0 heterocycles. The van der Waals surface area contributed by atoms with Crippen LogP contribution in [0.5, 0.6) is 0 Å². The molecule has 0 amide bonds. The molecule has 0 saturated carbocycles. The highest BCUT2D eigenvalue weighted by atomic mass is 31.2. The van der Waals surface area contributed by atoms with Gasteiger partial charge >= 0.3 is 19.8 Å². The van der Waals surface area contributed by atoms with Crippen molar-refractivity contribution in [3.8, 4) is 0 Å². The summed E-state index contributed by atoms with van der Waals surface area (Å²) < 4.78 is 33.0. The molecule has 0 aliphatic rings. The molecule has 410 valence electrons. The number of hydrogen-bond donors (Lipinski definition) is 2. The van der Waals surface area contributed by atoms with Crippen molar-refractivity contribution in [1.82, 2.24) is 0 Å². The molecule has 71 heavy (non-hydrogen) atoms. The van der Waals surface area contributed by atoms with Gasteiger partial charge in [0.2, 0.25) is 0 Å². The number of phosphoric ester groups is 1. The lowest BCUT2D eigenvalue weighted by atomic mass is 10.0. The Morgan fingerprint density at radius 1 is 0.437 bits per heavy atom. The van der Waals surface area contributed by atoms with Gasteiger partial charge in [0.05, 0.1) is 13.2 Å². The fourth-order valence-corrected chi connectivity index (χ4v) is 8.75. The maximum Gasteiger partial charge on any atom is 0.472 e. The van der Waals surface area contributed by atoms with E-state index in [0.717, 1.165) is 83.5 Å². The molecule has 0 fully saturated rings. The van der Waals surface area contributed by atoms with E-state index in [0.29, 0.717) is 6.42 Å². The number of rotatable bonds is 54. The fourth-order valence-electron chi connectivity index (χ4n) is 7.99. The van der Waals surface area contributed by atoms with E-state index >= 15 is 0 Å². The van der Waals surface area contributed by atoms with Crippen LogP contribution in [0.2, 0.25) is 0 Å². The molecule has 0 bridgehead atoms. The van der Waals surface area contributed by atoms with Gasteiger partial charge in [0.1, 0.15) is 6.61 Å². The molecule has 0 aromatic rings. The minimum Gasteiger partial charge on any atom is -0.462 e. The molecule has 0 aliphatic heterocycles. The Kier molecular flexibility index (Phi) is 54.2. The summed E-state index contributed by atoms with van der Waals surface area (Å²) in [7, 11) is -4.39. The van der Waals surface area contributed by atoms with E-state index in [1.165, 1.54) is 141 Å². The lowest BCUT2D eigenvalue weighted by molar-refractivity contribution is -0.161. The summed E-state index contributed by atoms with van der Waals surface area (Å²) in [5.41, 5.74) is 5.38. The number of allylic oxidation sites excluding steroid dienone is 14. The smallest absolute Gasteiger partial charge is 0.462 e. The molecular weight excluding hydrogens is 906 g/mol. The first-order valence-electron chi connectivity index (χ1n) is 29.1. The number of nitrogens with two attached hydrogens (primary N) is 1. The Labute approximate surface area is 436 Å². The average Bonchev–Trinajstić information content (AvgIpc) is 3.36. The Hall–Kier alpha value is -2.81. The number of ether oxygens (including phenoxy) is 2. The van der Waals surface area contributed by atoms with E-state index in [-0.39, 0.29) is 38.6 Å². The zero-order valence-electron chi connectivity index (χ0n) is 45.7. The van der Waals surface area contributed by atoms with E-state index < -0.39 is 26.5 Å². The first-order valence-corrected chi connectivity index (χ1v) is 30.6. The van der Waals surface area contributed by atoms with Crippen molar-refractivity contribution < 1.29 is 37.6 Å². The molecule has 2 unspecified atom stereocenters. The molecule has 0 saturated heterocycles. The van der Waals surface area contributed by atoms with E-state index in [9.17, 15) is 19.0 Å². The van der Waals surface area contributed by atoms with Crippen LogP contribution in [0.4, 0.5) is 0 Å². The zero-order valence-corrected chi connectivity index (χ0v) is 46.6. The minimum atomic E-state index is -4.39. The fraction of sp³-hybridized carbons (Fsp3) is 0.738. The molecule has 0 rings (SSSR count). The second-order valence-corrected chi connectivity index (χ2v) is 20.6. The molecule has 10 heteroatoms. The van der Waals surface area contributed by atoms with Gasteiger partial charge in [-0.2, -0.15) is 0 Å². The van der Waals surface area contributed by atoms with Gasteiger partial charge in [-0.05, 0) is 89.9 Å². The van der Waals surface area contributed by atoms with Crippen molar-refractivity contribution in [1.29, 1.82) is 0 Å². The highest BCUT2D eigenvalue weighted by molar-refractivity contribution is 7.47. The van der Waals surface area contributed by atoms with Crippen molar-refractivity contribution in [2.45, 2.75) is 264 Å². The van der Waals surface area contributed by atoms with Crippen LogP contribution in [-0.4, -0.2) is 49.3 Å². The SMILES string of the molecule is CC/C=C\C/C=C\C/C=C\C/C=C\C/C=C\CCCCCCCCCCCC(=O)OC(COC(=O)CCCCCCCCCCCCCCC/C=C\C/C=C\CCCCCCC)COP(=O)(O)OCCN. The zero-order chi connectivity index (χ0) is 51.7. The Morgan fingerprint density at radius 3 is 1.15 bits per heavy atom. The third kappa shape index (κ3) is 56.3. The summed E-state index contributed by atoms with van der Waals surface area (Å²) >= 11 is 0. The maximum absolute atomic E-state index is 12.7. The molecule has 0 spiro atoms. The summed E-state index contributed by atoms with van der Waals surface area (Å²) in [5, 5.41) is 0. The lowest BCUT2D eigenvalue weighted by Crippen LogP contribution is -2.29. The number of phosphoric acid groups is 1. The summed E-state index contributed by atoms with van der Waals surface area (Å²) in [4.78, 5) is 35.2. The van der Waals surface area contributed by atoms with Crippen molar-refractivity contribution >= 4 is 19.8 Å². The Bertz CT molecular complexity index is 1440. The molecule has 2 atom stereocenters. The van der Waals surface area contributed by atoms with Crippen LogP contribution >= 0.6 is 7.82 Å². The van der Waals surface area contributed by atoms with Gasteiger partial charge in [-0.3, -0.25) is 18.6 Å². The normalized spacial score (nSPS) is 13.7. The van der Waals surface area contributed by atoms with Gasteiger partial charge < -0.3 is 20.1 Å². The van der Waals surface area contributed by atoms with E-state index in [2.05, 4.69) is 98.9 Å². The van der Waals surface area contributed by atoms with Gasteiger partial charge in [-0.1, -0.05) is 240 Å². The molecule has 0 aromatic heterocycles. The first-order chi connectivity index (χ1) is 34.8. The second-order valence-electron chi connectivity index (χ2n) is 19.1. The summed E-state index contributed by atoms with van der Waals surface area (Å²) in [6, 6.07) is 0. The van der Waals surface area contributed by atoms with Crippen LogP contribution in [-0.2, 0) is 32.7 Å². The Balaban J connectivity index is 4.00. The number of carbonyl (C=O) groups excluding carboxylic acids is 2. The van der Waals surface area contributed by atoms with Crippen molar-refractivity contribution in [2.24, 2.45) is 5.73 Å². The van der Waals surface area contributed by atoms with Crippen molar-refractivity contribution in [3.05, 3.63) is 85.1 Å². The van der Waals surface area contributed by atoms with Gasteiger partial charge in [0.15, 0.2) is 6.10 Å². The van der Waals surface area contributed by atoms with E-state index in [4.69, 9.17) is 24.3 Å². The lowest BCUT2D eigenvalue weighted by Gasteiger charge is -2.19. The molecule has 0 radical (unpaired) electrons. The van der Waals surface area contributed by atoms with Crippen LogP contribution in [0.1, 0.15) is 258 Å². The van der Waals surface area contributed by atoms with Crippen molar-refractivity contribution in [2.75, 3.05) is 26.4 Å². The minimum absolute atomic E-state index is 0.0490. The topological polar surface area (TPSA) is 134 Å². The van der Waals surface area contributed by atoms with Gasteiger partial charge in [-0.25, -0.2) is 4.57 Å². The Morgan fingerprint density at radius 2 is 0.775 bits per heavy atom. The first kappa shape index (κ1) is 68.2. The third-order valence-electron chi connectivity index (χ3n) is 12.3. The van der Waals surface area contributed by atoms with E-state index in [1.807, 2.05) is 0 Å². The predicted molar refractivity (Wildman–Crippen MR) is 302 cm³/mol. The molecule has 0 aliphatic carbocycles. The number of esters is 2. The number of unbranched alkanes of at least 4 members (excludes halogenated alkanes) is 27. The predicted octanol–water partition coefficient (Wildman–Crippen LogP) is 18.3. The largest absolute Gasteiger partial charge is 0.472 e. The quantitative estimate of drug-likeness (QED) is 0.0264. The van der Waals surface area contributed by atoms with Crippen LogP contribution in [0, 0.1) is 0 Å². The second kappa shape index (κ2) is 56.5. The molecule has 3 N–H and O–H groups in total. The van der Waals surface area contributed by atoms with Crippen molar-refractivity contribution in [3.63, 3.8) is 0 Å². The van der Waals surface area contributed by atoms with Gasteiger partial charge in [0.25, 0.3) is 0 Å². The summed E-state index contributed by atoms with van der Waals surface area (Å²) in [6.45, 7) is 3.63. The van der Waals surface area contributed by atoms with E-state index in [1.54, 1.807) is 0 Å². The van der Waals surface area contributed by atoms with Crippen LogP contribution < -0.4 is 5.73 Å². The molecular formula is C61H108NO8P. The molecule has 0 aromatic carbocycles. The van der Waals surface area contributed by atoms with Crippen LogP contribution in [0.25, 0.3) is 0 Å². The highest BCUT2D eigenvalue weighted by Crippen LogP contribution is 2.43. The van der Waals surface area contributed by atoms with Gasteiger partial charge in [-0.15, -0.1) is 0 Å². The molecule has 9 nitrogen and oxygen atoms in total. The monoisotopic (exact) mass is 1010 g/mol. The number of carbonyl (C=O) groups is 2. The maximum atomic E-state index is 12.7. The number of hydrogen-bond acceptors (Lipinski definition) is 8. The van der Waals surface area contributed by atoms with Gasteiger partial charge in [0, 0.05) is 19.4 Å². The third-order valence-corrected chi connectivity index (χ3v) is 13.2. The average molecular weight is 1010 g/mol. The van der Waals surface area contributed by atoms with Crippen LogP contribution in [0.3, 0.4) is 0 Å². The van der Waals surface area contributed by atoms with Crippen LogP contribution in [0.15, 0.2) is 85.1 Å². The summed E-state index contributed by atoms with van der Waals surface area (Å²) in [5.74, 6) is -0.833.